The van der Waals surface area contributed by atoms with E-state index in [4.69, 9.17) is 4.74 Å². The molecule has 1 saturated carbocycles. The summed E-state index contributed by atoms with van der Waals surface area (Å²) in [6.45, 7) is 2.98. The maximum Gasteiger partial charge on any atom is 0.248 e. The van der Waals surface area contributed by atoms with Gasteiger partial charge < -0.3 is 14.5 Å². The highest BCUT2D eigenvalue weighted by atomic mass is 16.5. The Kier molecular flexibility index (Phi) is 4.40. The third-order valence-electron chi connectivity index (χ3n) is 3.90. The van der Waals surface area contributed by atoms with E-state index in [2.05, 4.69) is 23.9 Å². The number of rotatable bonds is 3. The summed E-state index contributed by atoms with van der Waals surface area (Å²) in [5.74, 6) is 1.00. The molecule has 4 nitrogen and oxygen atoms in total. The maximum atomic E-state index is 11.7. The van der Waals surface area contributed by atoms with Crippen LogP contribution >= 0.6 is 0 Å². The van der Waals surface area contributed by atoms with Crippen LogP contribution in [0.25, 0.3) is 0 Å². The van der Waals surface area contributed by atoms with Crippen LogP contribution in [0.1, 0.15) is 25.7 Å². The highest BCUT2D eigenvalue weighted by molar-refractivity contribution is 5.78. The Morgan fingerprint density at radius 3 is 2.59 bits per heavy atom. The van der Waals surface area contributed by atoms with E-state index in [0.717, 1.165) is 12.5 Å². The molecule has 0 radical (unpaired) electrons. The second-order valence-corrected chi connectivity index (χ2v) is 5.58. The fourth-order valence-corrected chi connectivity index (χ4v) is 3.07. The van der Waals surface area contributed by atoms with Crippen molar-refractivity contribution >= 4 is 5.91 Å². The zero-order chi connectivity index (χ0) is 12.3. The summed E-state index contributed by atoms with van der Waals surface area (Å²) in [7, 11) is 4.27. The first-order chi connectivity index (χ1) is 8.16. The Morgan fingerprint density at radius 2 is 2.00 bits per heavy atom. The topological polar surface area (TPSA) is 32.8 Å². The number of amides is 1. The second-order valence-electron chi connectivity index (χ2n) is 5.58. The summed E-state index contributed by atoms with van der Waals surface area (Å²) < 4.78 is 5.18. The number of carbonyl (C=O) groups excluding carboxylic acids is 1. The molecule has 0 unspecified atom stereocenters. The molecule has 0 aromatic rings. The molecule has 1 heterocycles. The number of morpholine rings is 1. The minimum Gasteiger partial charge on any atom is -0.370 e. The first kappa shape index (κ1) is 12.8. The molecule has 0 atom stereocenters. The Morgan fingerprint density at radius 1 is 1.29 bits per heavy atom. The van der Waals surface area contributed by atoms with E-state index in [1.165, 1.54) is 32.2 Å². The Bertz CT molecular complexity index is 260. The molecule has 0 N–H and O–H groups in total. The average molecular weight is 240 g/mol. The van der Waals surface area contributed by atoms with Gasteiger partial charge in [-0.2, -0.15) is 0 Å². The van der Waals surface area contributed by atoms with E-state index >= 15 is 0 Å². The standard InChI is InChI=1S/C13H24N2O2/c1-14(2)9-11-3-5-12(6-4-11)15-7-8-17-10-13(15)16/h11-12H,3-10H2,1-2H3. The van der Waals surface area contributed by atoms with Gasteiger partial charge in [-0.1, -0.05) is 0 Å². The fourth-order valence-electron chi connectivity index (χ4n) is 3.07. The van der Waals surface area contributed by atoms with Crippen molar-refractivity contribution in [1.29, 1.82) is 0 Å². The highest BCUT2D eigenvalue weighted by Crippen LogP contribution is 2.28. The summed E-state index contributed by atoms with van der Waals surface area (Å²) >= 11 is 0. The predicted molar refractivity (Wildman–Crippen MR) is 66.8 cm³/mol. The van der Waals surface area contributed by atoms with Gasteiger partial charge in [-0.25, -0.2) is 0 Å². The van der Waals surface area contributed by atoms with Crippen molar-refractivity contribution in [2.45, 2.75) is 31.7 Å². The van der Waals surface area contributed by atoms with E-state index in [9.17, 15) is 4.79 Å². The molecular weight excluding hydrogens is 216 g/mol. The molecule has 0 spiro atoms. The Balaban J connectivity index is 1.80. The number of carbonyl (C=O) groups is 1. The van der Waals surface area contributed by atoms with E-state index < -0.39 is 0 Å². The van der Waals surface area contributed by atoms with Gasteiger partial charge in [-0.05, 0) is 45.7 Å². The molecule has 2 rings (SSSR count). The lowest BCUT2D eigenvalue weighted by Gasteiger charge is -2.39. The Hall–Kier alpha value is -0.610. The lowest BCUT2D eigenvalue weighted by Crippen LogP contribution is -2.49. The zero-order valence-corrected chi connectivity index (χ0v) is 11.0. The van der Waals surface area contributed by atoms with Gasteiger partial charge in [0.05, 0.1) is 6.61 Å². The monoisotopic (exact) mass is 240 g/mol. The SMILES string of the molecule is CN(C)CC1CCC(N2CCOCC2=O)CC1. The molecule has 1 saturated heterocycles. The molecule has 2 aliphatic rings. The van der Waals surface area contributed by atoms with Crippen LogP contribution in [-0.2, 0) is 9.53 Å². The highest BCUT2D eigenvalue weighted by Gasteiger charge is 2.30. The first-order valence-electron chi connectivity index (χ1n) is 6.68. The minimum atomic E-state index is 0.187. The van der Waals surface area contributed by atoms with Crippen LogP contribution in [0.4, 0.5) is 0 Å². The maximum absolute atomic E-state index is 11.7. The average Bonchev–Trinajstić information content (AvgIpc) is 2.30. The molecule has 17 heavy (non-hydrogen) atoms. The van der Waals surface area contributed by atoms with Crippen molar-refractivity contribution in [3.63, 3.8) is 0 Å². The number of nitrogens with zero attached hydrogens (tertiary/aromatic N) is 2. The number of hydrogen-bond acceptors (Lipinski definition) is 3. The van der Waals surface area contributed by atoms with Crippen LogP contribution in [0.2, 0.25) is 0 Å². The normalized spacial score (nSPS) is 31.0. The lowest BCUT2D eigenvalue weighted by molar-refractivity contribution is -0.146. The van der Waals surface area contributed by atoms with Crippen molar-refractivity contribution in [1.82, 2.24) is 9.80 Å². The first-order valence-corrected chi connectivity index (χ1v) is 6.68. The molecular formula is C13H24N2O2. The van der Waals surface area contributed by atoms with Gasteiger partial charge in [0.1, 0.15) is 6.61 Å². The van der Waals surface area contributed by atoms with Crippen LogP contribution in [0.3, 0.4) is 0 Å². The third kappa shape index (κ3) is 3.42. The van der Waals surface area contributed by atoms with E-state index in [-0.39, 0.29) is 12.5 Å². The molecule has 1 aliphatic carbocycles. The molecule has 0 bridgehead atoms. The van der Waals surface area contributed by atoms with Crippen molar-refractivity contribution in [3.05, 3.63) is 0 Å². The summed E-state index contributed by atoms with van der Waals surface area (Å²) in [6.07, 6.45) is 4.86. The summed E-state index contributed by atoms with van der Waals surface area (Å²) in [6, 6.07) is 0.477. The molecule has 98 valence electrons. The van der Waals surface area contributed by atoms with Gasteiger partial charge in [0.15, 0.2) is 0 Å². The van der Waals surface area contributed by atoms with Gasteiger partial charge >= 0.3 is 0 Å². The van der Waals surface area contributed by atoms with Crippen LogP contribution in [0.5, 0.6) is 0 Å². The zero-order valence-electron chi connectivity index (χ0n) is 11.0. The second kappa shape index (κ2) is 5.83. The van der Waals surface area contributed by atoms with Gasteiger partial charge in [0, 0.05) is 19.1 Å². The molecule has 0 aromatic carbocycles. The van der Waals surface area contributed by atoms with Gasteiger partial charge in [-0.15, -0.1) is 0 Å². The predicted octanol–water partition coefficient (Wildman–Crippen LogP) is 0.966. The summed E-state index contributed by atoms with van der Waals surface area (Å²) in [5.41, 5.74) is 0. The smallest absolute Gasteiger partial charge is 0.248 e. The molecule has 1 aliphatic heterocycles. The van der Waals surface area contributed by atoms with Gasteiger partial charge in [-0.3, -0.25) is 4.79 Å². The minimum absolute atomic E-state index is 0.187. The summed E-state index contributed by atoms with van der Waals surface area (Å²) in [5, 5.41) is 0. The van der Waals surface area contributed by atoms with Crippen molar-refractivity contribution < 1.29 is 9.53 Å². The van der Waals surface area contributed by atoms with Crippen molar-refractivity contribution in [2.75, 3.05) is 40.4 Å². The van der Waals surface area contributed by atoms with E-state index in [0.29, 0.717) is 12.6 Å². The lowest BCUT2D eigenvalue weighted by atomic mass is 9.85. The molecule has 1 amide bonds. The largest absolute Gasteiger partial charge is 0.370 e. The van der Waals surface area contributed by atoms with Crippen LogP contribution in [0, 0.1) is 5.92 Å². The van der Waals surface area contributed by atoms with Crippen molar-refractivity contribution in [2.24, 2.45) is 5.92 Å². The third-order valence-corrected chi connectivity index (χ3v) is 3.90. The van der Waals surface area contributed by atoms with E-state index in [1.54, 1.807) is 0 Å². The molecule has 4 heteroatoms. The van der Waals surface area contributed by atoms with Gasteiger partial charge in [0.25, 0.3) is 0 Å². The number of hydrogen-bond donors (Lipinski definition) is 0. The van der Waals surface area contributed by atoms with Gasteiger partial charge in [0.2, 0.25) is 5.91 Å². The van der Waals surface area contributed by atoms with Crippen molar-refractivity contribution in [3.8, 4) is 0 Å². The fraction of sp³-hybridized carbons (Fsp3) is 0.923. The Labute approximate surface area is 104 Å². The molecule has 2 fully saturated rings. The quantitative estimate of drug-likeness (QED) is 0.737. The van der Waals surface area contributed by atoms with Crippen LogP contribution < -0.4 is 0 Å². The van der Waals surface area contributed by atoms with Crippen LogP contribution in [-0.4, -0.2) is 62.1 Å². The summed E-state index contributed by atoms with van der Waals surface area (Å²) in [4.78, 5) is 16.1. The number of ether oxygens (including phenoxy) is 1. The molecule has 0 aromatic heterocycles. The van der Waals surface area contributed by atoms with Crippen LogP contribution in [0.15, 0.2) is 0 Å². The van der Waals surface area contributed by atoms with E-state index in [1.807, 2.05) is 0 Å².